The van der Waals surface area contributed by atoms with Gasteiger partial charge in [-0.15, -0.1) is 0 Å². The molecule has 0 fully saturated rings. The van der Waals surface area contributed by atoms with Crippen molar-refractivity contribution in [1.82, 2.24) is 0 Å². The van der Waals surface area contributed by atoms with E-state index in [9.17, 15) is 0 Å². The molecule has 1 aromatic rings. The molecule has 1 aromatic carbocycles. The van der Waals surface area contributed by atoms with Crippen molar-refractivity contribution in [1.29, 1.82) is 0 Å². The van der Waals surface area contributed by atoms with E-state index >= 15 is 0 Å². The first-order valence-corrected chi connectivity index (χ1v) is 4.50. The Hall–Kier alpha value is -1.48. The van der Waals surface area contributed by atoms with Gasteiger partial charge in [0.1, 0.15) is 13.2 Å². The maximum absolute atomic E-state index is 8.92. The zero-order chi connectivity index (χ0) is 9.97. The Balaban J connectivity index is 2.33. The van der Waals surface area contributed by atoms with Gasteiger partial charge in [-0.25, -0.2) is 0 Å². The highest BCUT2D eigenvalue weighted by molar-refractivity contribution is 5.66. The Bertz CT molecular complexity index is 358. The predicted molar refractivity (Wildman–Crippen MR) is 53.6 cm³/mol. The summed E-state index contributed by atoms with van der Waals surface area (Å²) in [5.74, 6) is 1.48. The van der Waals surface area contributed by atoms with E-state index in [0.717, 1.165) is 17.1 Å². The molecule has 0 aromatic heterocycles. The Morgan fingerprint density at radius 3 is 2.71 bits per heavy atom. The van der Waals surface area contributed by atoms with Crippen molar-refractivity contribution in [3.8, 4) is 11.5 Å². The number of hydrogen-bond donors (Lipinski definition) is 1. The molecule has 1 aliphatic rings. The average Bonchev–Trinajstić information content (AvgIpc) is 2.27. The number of aliphatic hydroxyl groups is 1. The maximum atomic E-state index is 8.92. The molecule has 1 N–H and O–H groups in total. The molecular weight excluding hydrogens is 180 g/mol. The summed E-state index contributed by atoms with van der Waals surface area (Å²) in [6.07, 6.45) is 0. The largest absolute Gasteiger partial charge is 0.486 e. The van der Waals surface area contributed by atoms with Crippen LogP contribution >= 0.6 is 0 Å². The molecule has 74 valence electrons. The van der Waals surface area contributed by atoms with Gasteiger partial charge in [0.2, 0.25) is 0 Å². The molecule has 0 saturated heterocycles. The van der Waals surface area contributed by atoms with Crippen LogP contribution in [-0.2, 0) is 0 Å². The van der Waals surface area contributed by atoms with Crippen LogP contribution in [0.3, 0.4) is 0 Å². The minimum Gasteiger partial charge on any atom is -0.486 e. The molecular formula is C11H12O3. The Labute approximate surface area is 82.6 Å². The molecule has 2 rings (SSSR count). The Morgan fingerprint density at radius 2 is 2.00 bits per heavy atom. The number of ether oxygens (including phenoxy) is 2. The summed E-state index contributed by atoms with van der Waals surface area (Å²) in [6.45, 7) is 4.87. The third kappa shape index (κ3) is 1.59. The van der Waals surface area contributed by atoms with E-state index in [2.05, 4.69) is 6.58 Å². The van der Waals surface area contributed by atoms with Crippen LogP contribution in [0.25, 0.3) is 5.57 Å². The number of rotatable bonds is 2. The summed E-state index contributed by atoms with van der Waals surface area (Å²) in [6, 6.07) is 5.55. The molecule has 1 aliphatic heterocycles. The summed E-state index contributed by atoms with van der Waals surface area (Å²) in [7, 11) is 0. The lowest BCUT2D eigenvalue weighted by Crippen LogP contribution is -2.15. The Morgan fingerprint density at radius 1 is 1.29 bits per heavy atom. The van der Waals surface area contributed by atoms with Crippen LogP contribution in [0, 0.1) is 0 Å². The lowest BCUT2D eigenvalue weighted by atomic mass is 10.1. The lowest BCUT2D eigenvalue weighted by molar-refractivity contribution is 0.171. The van der Waals surface area contributed by atoms with Gasteiger partial charge in [-0.1, -0.05) is 12.6 Å². The monoisotopic (exact) mass is 192 g/mol. The fourth-order valence-electron chi connectivity index (χ4n) is 1.35. The standard InChI is InChI=1S/C11H12O3/c1-8(7-12)9-2-3-10-11(6-9)14-5-4-13-10/h2-3,6,12H,1,4-5,7H2. The smallest absolute Gasteiger partial charge is 0.161 e. The van der Waals surface area contributed by atoms with Gasteiger partial charge in [0, 0.05) is 0 Å². The number of hydrogen-bond acceptors (Lipinski definition) is 3. The van der Waals surface area contributed by atoms with Crippen LogP contribution < -0.4 is 9.47 Å². The quantitative estimate of drug-likeness (QED) is 0.771. The summed E-state index contributed by atoms with van der Waals surface area (Å²) in [4.78, 5) is 0. The second-order valence-electron chi connectivity index (χ2n) is 3.12. The van der Waals surface area contributed by atoms with Crippen molar-refractivity contribution < 1.29 is 14.6 Å². The van der Waals surface area contributed by atoms with E-state index in [1.807, 2.05) is 18.2 Å². The van der Waals surface area contributed by atoms with Gasteiger partial charge < -0.3 is 14.6 Å². The van der Waals surface area contributed by atoms with Gasteiger partial charge >= 0.3 is 0 Å². The van der Waals surface area contributed by atoms with E-state index in [1.165, 1.54) is 0 Å². The molecule has 1 heterocycles. The highest BCUT2D eigenvalue weighted by Crippen LogP contribution is 2.32. The molecule has 0 radical (unpaired) electrons. The van der Waals surface area contributed by atoms with Crippen LogP contribution in [0.5, 0.6) is 11.5 Å². The molecule has 0 amide bonds. The summed E-state index contributed by atoms with van der Waals surface area (Å²) >= 11 is 0. The highest BCUT2D eigenvalue weighted by atomic mass is 16.6. The van der Waals surface area contributed by atoms with Crippen molar-refractivity contribution >= 4 is 5.57 Å². The molecule has 0 spiro atoms. The number of aliphatic hydroxyl groups excluding tert-OH is 1. The minimum atomic E-state index is -0.0420. The second kappa shape index (κ2) is 3.72. The van der Waals surface area contributed by atoms with Gasteiger partial charge in [-0.3, -0.25) is 0 Å². The molecule has 0 bridgehead atoms. The number of fused-ring (bicyclic) bond motifs is 1. The van der Waals surface area contributed by atoms with Crippen LogP contribution in [-0.4, -0.2) is 24.9 Å². The maximum Gasteiger partial charge on any atom is 0.161 e. The van der Waals surface area contributed by atoms with Crippen molar-refractivity contribution in [3.05, 3.63) is 30.3 Å². The third-order valence-corrected chi connectivity index (χ3v) is 2.14. The van der Waals surface area contributed by atoms with Gasteiger partial charge in [0.15, 0.2) is 11.5 Å². The fraction of sp³-hybridized carbons (Fsp3) is 0.273. The Kier molecular flexibility index (Phi) is 2.41. The first kappa shape index (κ1) is 9.09. The number of benzene rings is 1. The zero-order valence-corrected chi connectivity index (χ0v) is 7.82. The molecule has 0 unspecified atom stereocenters. The predicted octanol–water partition coefficient (Wildman–Crippen LogP) is 1.46. The minimum absolute atomic E-state index is 0.0420. The van der Waals surface area contributed by atoms with Crippen molar-refractivity contribution in [2.24, 2.45) is 0 Å². The normalized spacial score (nSPS) is 13.8. The van der Waals surface area contributed by atoms with Gasteiger partial charge in [-0.2, -0.15) is 0 Å². The summed E-state index contributed by atoms with van der Waals surface area (Å²) in [5, 5.41) is 8.92. The lowest BCUT2D eigenvalue weighted by Gasteiger charge is -2.19. The molecule has 0 saturated carbocycles. The van der Waals surface area contributed by atoms with Crippen molar-refractivity contribution in [2.75, 3.05) is 19.8 Å². The topological polar surface area (TPSA) is 38.7 Å². The molecule has 3 nitrogen and oxygen atoms in total. The van der Waals surface area contributed by atoms with E-state index in [0.29, 0.717) is 18.8 Å². The van der Waals surface area contributed by atoms with Gasteiger partial charge in [0.05, 0.1) is 6.61 Å². The van der Waals surface area contributed by atoms with E-state index in [4.69, 9.17) is 14.6 Å². The van der Waals surface area contributed by atoms with Crippen LogP contribution in [0.2, 0.25) is 0 Å². The molecule has 14 heavy (non-hydrogen) atoms. The third-order valence-electron chi connectivity index (χ3n) is 2.14. The fourth-order valence-corrected chi connectivity index (χ4v) is 1.35. The SMILES string of the molecule is C=C(CO)c1ccc2c(c1)OCCO2. The first-order chi connectivity index (χ1) is 6.81. The second-order valence-corrected chi connectivity index (χ2v) is 3.12. The molecule has 0 aliphatic carbocycles. The van der Waals surface area contributed by atoms with Crippen molar-refractivity contribution in [3.63, 3.8) is 0 Å². The first-order valence-electron chi connectivity index (χ1n) is 4.50. The van der Waals surface area contributed by atoms with Gasteiger partial charge in [0.25, 0.3) is 0 Å². The van der Waals surface area contributed by atoms with Crippen LogP contribution in [0.4, 0.5) is 0 Å². The average molecular weight is 192 g/mol. The van der Waals surface area contributed by atoms with E-state index in [-0.39, 0.29) is 6.61 Å². The zero-order valence-electron chi connectivity index (χ0n) is 7.82. The van der Waals surface area contributed by atoms with E-state index in [1.54, 1.807) is 0 Å². The summed E-state index contributed by atoms with van der Waals surface area (Å²) < 4.78 is 10.8. The van der Waals surface area contributed by atoms with Gasteiger partial charge in [-0.05, 0) is 23.3 Å². The van der Waals surface area contributed by atoms with Crippen LogP contribution in [0.1, 0.15) is 5.56 Å². The molecule has 0 atom stereocenters. The van der Waals surface area contributed by atoms with E-state index < -0.39 is 0 Å². The van der Waals surface area contributed by atoms with Crippen molar-refractivity contribution in [2.45, 2.75) is 0 Å². The summed E-state index contributed by atoms with van der Waals surface area (Å²) in [5.41, 5.74) is 1.57. The molecule has 3 heteroatoms. The highest BCUT2D eigenvalue weighted by Gasteiger charge is 2.12. The van der Waals surface area contributed by atoms with Crippen LogP contribution in [0.15, 0.2) is 24.8 Å².